The van der Waals surface area contributed by atoms with Crippen LogP contribution in [0.2, 0.25) is 0 Å². The van der Waals surface area contributed by atoms with Gasteiger partial charge in [-0.2, -0.15) is 0 Å². The minimum Gasteiger partial charge on any atom is -0.450 e. The molecule has 0 aliphatic rings. The molecule has 100 valence electrons. The number of rotatable bonds is 2. The standard InChI is InChI=1S/C17H15NO2/c1-2-20-17(19)18-16-8-7-14-9-12-5-3-4-6-13(12)10-15(14)11-16/h3-11H,2H2,1H3,(H,18,19). The summed E-state index contributed by atoms with van der Waals surface area (Å²) in [6.45, 7) is 2.15. The van der Waals surface area contributed by atoms with E-state index in [0.29, 0.717) is 6.61 Å². The summed E-state index contributed by atoms with van der Waals surface area (Å²) in [6.07, 6.45) is -0.423. The van der Waals surface area contributed by atoms with Crippen LogP contribution in [0.5, 0.6) is 0 Å². The summed E-state index contributed by atoms with van der Waals surface area (Å²) in [5.74, 6) is 0. The second-order valence-corrected chi connectivity index (χ2v) is 4.61. The van der Waals surface area contributed by atoms with Crippen LogP contribution in [0, 0.1) is 0 Å². The molecule has 3 aromatic carbocycles. The second-order valence-electron chi connectivity index (χ2n) is 4.61. The lowest BCUT2D eigenvalue weighted by atomic mass is 10.0. The van der Waals surface area contributed by atoms with Crippen LogP contribution >= 0.6 is 0 Å². The molecule has 3 nitrogen and oxygen atoms in total. The molecule has 0 aliphatic carbocycles. The number of hydrogen-bond acceptors (Lipinski definition) is 2. The van der Waals surface area contributed by atoms with Crippen LogP contribution in [-0.4, -0.2) is 12.7 Å². The Labute approximate surface area is 117 Å². The minimum atomic E-state index is -0.423. The first-order chi connectivity index (χ1) is 9.76. The van der Waals surface area contributed by atoms with Gasteiger partial charge in [-0.3, -0.25) is 5.32 Å². The van der Waals surface area contributed by atoms with Gasteiger partial charge >= 0.3 is 6.09 Å². The molecule has 0 aromatic heterocycles. The number of carbonyl (C=O) groups is 1. The first kappa shape index (κ1) is 12.5. The van der Waals surface area contributed by atoms with Crippen molar-refractivity contribution in [1.29, 1.82) is 0 Å². The van der Waals surface area contributed by atoms with E-state index in [1.165, 1.54) is 10.8 Å². The van der Waals surface area contributed by atoms with Gasteiger partial charge in [-0.1, -0.05) is 30.3 Å². The van der Waals surface area contributed by atoms with Crippen molar-refractivity contribution in [3.05, 3.63) is 54.6 Å². The highest BCUT2D eigenvalue weighted by Crippen LogP contribution is 2.25. The summed E-state index contributed by atoms with van der Waals surface area (Å²) in [6, 6.07) is 18.4. The topological polar surface area (TPSA) is 38.3 Å². The molecule has 0 saturated carbocycles. The average Bonchev–Trinajstić information content (AvgIpc) is 2.45. The van der Waals surface area contributed by atoms with E-state index in [4.69, 9.17) is 4.74 Å². The first-order valence-electron chi connectivity index (χ1n) is 6.62. The van der Waals surface area contributed by atoms with E-state index in [2.05, 4.69) is 29.6 Å². The molecule has 0 aliphatic heterocycles. The first-order valence-corrected chi connectivity index (χ1v) is 6.62. The number of ether oxygens (including phenoxy) is 1. The lowest BCUT2D eigenvalue weighted by Crippen LogP contribution is -2.13. The summed E-state index contributed by atoms with van der Waals surface area (Å²) >= 11 is 0. The van der Waals surface area contributed by atoms with Crippen molar-refractivity contribution in [3.8, 4) is 0 Å². The fraction of sp³-hybridized carbons (Fsp3) is 0.118. The zero-order chi connectivity index (χ0) is 13.9. The van der Waals surface area contributed by atoms with E-state index >= 15 is 0 Å². The zero-order valence-electron chi connectivity index (χ0n) is 11.2. The Morgan fingerprint density at radius 2 is 1.60 bits per heavy atom. The summed E-state index contributed by atoms with van der Waals surface area (Å²) in [5.41, 5.74) is 0.742. The van der Waals surface area contributed by atoms with Crippen molar-refractivity contribution < 1.29 is 9.53 Å². The molecule has 1 amide bonds. The largest absolute Gasteiger partial charge is 0.450 e. The van der Waals surface area contributed by atoms with E-state index < -0.39 is 6.09 Å². The highest BCUT2D eigenvalue weighted by atomic mass is 16.5. The lowest BCUT2D eigenvalue weighted by molar-refractivity contribution is 0.168. The molecule has 20 heavy (non-hydrogen) atoms. The van der Waals surface area contributed by atoms with E-state index in [9.17, 15) is 4.79 Å². The Balaban J connectivity index is 2.01. The van der Waals surface area contributed by atoms with Crippen molar-refractivity contribution >= 4 is 33.3 Å². The van der Waals surface area contributed by atoms with E-state index in [1.807, 2.05) is 30.3 Å². The fourth-order valence-corrected chi connectivity index (χ4v) is 2.30. The normalized spacial score (nSPS) is 10.7. The quantitative estimate of drug-likeness (QED) is 0.690. The van der Waals surface area contributed by atoms with Gasteiger partial charge in [-0.15, -0.1) is 0 Å². The van der Waals surface area contributed by atoms with Crippen LogP contribution < -0.4 is 5.32 Å². The van der Waals surface area contributed by atoms with Gasteiger partial charge in [0.25, 0.3) is 0 Å². The Morgan fingerprint density at radius 1 is 0.950 bits per heavy atom. The van der Waals surface area contributed by atoms with Crippen molar-refractivity contribution in [2.75, 3.05) is 11.9 Å². The molecule has 0 unspecified atom stereocenters. The van der Waals surface area contributed by atoms with Gasteiger partial charge in [0.2, 0.25) is 0 Å². The van der Waals surface area contributed by atoms with Gasteiger partial charge in [-0.05, 0) is 52.7 Å². The predicted molar refractivity (Wildman–Crippen MR) is 82.1 cm³/mol. The van der Waals surface area contributed by atoms with E-state index in [0.717, 1.165) is 16.5 Å². The highest BCUT2D eigenvalue weighted by molar-refractivity contribution is 6.00. The summed E-state index contributed by atoms with van der Waals surface area (Å²) in [4.78, 5) is 11.4. The molecule has 0 bridgehead atoms. The maximum atomic E-state index is 11.4. The molecule has 3 heteroatoms. The maximum Gasteiger partial charge on any atom is 0.411 e. The second kappa shape index (κ2) is 5.21. The van der Waals surface area contributed by atoms with Crippen LogP contribution in [0.1, 0.15) is 6.92 Å². The van der Waals surface area contributed by atoms with Crippen LogP contribution in [0.15, 0.2) is 54.6 Å². The van der Waals surface area contributed by atoms with Gasteiger partial charge in [-0.25, -0.2) is 4.79 Å². The summed E-state index contributed by atoms with van der Waals surface area (Å²) in [7, 11) is 0. The number of hydrogen-bond donors (Lipinski definition) is 1. The Bertz CT molecular complexity index is 780. The average molecular weight is 265 g/mol. The summed E-state index contributed by atoms with van der Waals surface area (Å²) < 4.78 is 4.88. The molecular formula is C17H15NO2. The van der Waals surface area contributed by atoms with E-state index in [-0.39, 0.29) is 0 Å². The van der Waals surface area contributed by atoms with Crippen LogP contribution in [0.4, 0.5) is 10.5 Å². The summed E-state index contributed by atoms with van der Waals surface area (Å²) in [5, 5.41) is 7.37. The van der Waals surface area contributed by atoms with Gasteiger partial charge in [0, 0.05) is 5.69 Å². The van der Waals surface area contributed by atoms with Crippen molar-refractivity contribution in [2.45, 2.75) is 6.92 Å². The molecule has 3 aromatic rings. The van der Waals surface area contributed by atoms with Gasteiger partial charge < -0.3 is 4.74 Å². The van der Waals surface area contributed by atoms with Gasteiger partial charge in [0.05, 0.1) is 6.61 Å². The van der Waals surface area contributed by atoms with Crippen molar-refractivity contribution in [3.63, 3.8) is 0 Å². The van der Waals surface area contributed by atoms with Crippen LogP contribution in [0.25, 0.3) is 21.5 Å². The minimum absolute atomic E-state index is 0.365. The molecule has 0 saturated heterocycles. The number of fused-ring (bicyclic) bond motifs is 2. The monoisotopic (exact) mass is 265 g/mol. The number of anilines is 1. The van der Waals surface area contributed by atoms with E-state index in [1.54, 1.807) is 6.92 Å². The molecule has 0 spiro atoms. The third-order valence-corrected chi connectivity index (χ3v) is 3.23. The Morgan fingerprint density at radius 3 is 2.30 bits per heavy atom. The lowest BCUT2D eigenvalue weighted by Gasteiger charge is -2.07. The molecule has 0 fully saturated rings. The van der Waals surface area contributed by atoms with Crippen LogP contribution in [0.3, 0.4) is 0 Å². The molecular weight excluding hydrogens is 250 g/mol. The van der Waals surface area contributed by atoms with Crippen molar-refractivity contribution in [1.82, 2.24) is 0 Å². The van der Waals surface area contributed by atoms with Crippen LogP contribution in [-0.2, 0) is 4.74 Å². The molecule has 0 heterocycles. The molecule has 1 N–H and O–H groups in total. The number of benzene rings is 3. The number of amides is 1. The Kier molecular flexibility index (Phi) is 3.25. The third-order valence-electron chi connectivity index (χ3n) is 3.23. The zero-order valence-corrected chi connectivity index (χ0v) is 11.2. The molecule has 3 rings (SSSR count). The smallest absolute Gasteiger partial charge is 0.411 e. The molecule has 0 atom stereocenters. The van der Waals surface area contributed by atoms with Gasteiger partial charge in [0.15, 0.2) is 0 Å². The van der Waals surface area contributed by atoms with Crippen molar-refractivity contribution in [2.24, 2.45) is 0 Å². The Hall–Kier alpha value is -2.55. The fourth-order valence-electron chi connectivity index (χ4n) is 2.30. The SMILES string of the molecule is CCOC(=O)Nc1ccc2cc3ccccc3cc2c1. The maximum absolute atomic E-state index is 11.4. The number of nitrogens with one attached hydrogen (secondary N) is 1. The highest BCUT2D eigenvalue weighted by Gasteiger charge is 2.03. The number of carbonyl (C=O) groups excluding carboxylic acids is 1. The van der Waals surface area contributed by atoms with Gasteiger partial charge in [0.1, 0.15) is 0 Å². The molecule has 0 radical (unpaired) electrons. The third kappa shape index (κ3) is 2.43. The predicted octanol–water partition coefficient (Wildman–Crippen LogP) is 4.56.